The molecule has 0 aromatic rings. The van der Waals surface area contributed by atoms with Crippen LogP contribution in [0, 0.1) is 11.3 Å². The average Bonchev–Trinajstić information content (AvgIpc) is 2.58. The smallest absolute Gasteiger partial charge is 0.225 e. The van der Waals surface area contributed by atoms with E-state index in [0.29, 0.717) is 5.92 Å². The van der Waals surface area contributed by atoms with Crippen molar-refractivity contribution in [3.8, 4) is 0 Å². The molecular weight excluding hydrogens is 290 g/mol. The van der Waals surface area contributed by atoms with Crippen LogP contribution in [-0.4, -0.2) is 68.2 Å². The fourth-order valence-corrected chi connectivity index (χ4v) is 5.08. The number of piperazine rings is 1. The molecule has 2 unspecified atom stereocenters. The van der Waals surface area contributed by atoms with Crippen LogP contribution in [0.2, 0.25) is 0 Å². The van der Waals surface area contributed by atoms with Gasteiger partial charge in [0.05, 0.1) is 12.0 Å². The highest BCUT2D eigenvalue weighted by Gasteiger charge is 2.50. The molecule has 132 valence electrons. The summed E-state index contributed by atoms with van der Waals surface area (Å²) in [6, 6.07) is 0.272. The van der Waals surface area contributed by atoms with Gasteiger partial charge in [-0.05, 0) is 38.6 Å². The molecule has 0 spiro atoms. The number of hydrogen-bond donors (Lipinski definition) is 1. The zero-order valence-corrected chi connectivity index (χ0v) is 14.6. The number of ether oxygens (including phenoxy) is 1. The SMILES string of the molecule is CN1CCN(C(C2CCCOC2)C2(C(N)=O)CCCCC2)CC1. The number of nitrogens with zero attached hydrogens (tertiary/aromatic N) is 2. The molecule has 1 amide bonds. The van der Waals surface area contributed by atoms with Crippen LogP contribution in [0.4, 0.5) is 0 Å². The molecule has 0 aromatic carbocycles. The first-order valence-corrected chi connectivity index (χ1v) is 9.44. The lowest BCUT2D eigenvalue weighted by molar-refractivity contribution is -0.141. The van der Waals surface area contributed by atoms with Gasteiger partial charge in [-0.25, -0.2) is 0 Å². The standard InChI is InChI=1S/C18H33N3O2/c1-20-9-11-21(12-10-20)16(15-6-5-13-23-14-15)18(17(19)22)7-3-2-4-8-18/h15-16H,2-14H2,1H3,(H2,19,22). The van der Waals surface area contributed by atoms with Crippen molar-refractivity contribution in [3.05, 3.63) is 0 Å². The molecule has 3 fully saturated rings. The molecule has 5 heteroatoms. The minimum Gasteiger partial charge on any atom is -0.381 e. The van der Waals surface area contributed by atoms with Gasteiger partial charge < -0.3 is 15.4 Å². The van der Waals surface area contributed by atoms with Crippen molar-refractivity contribution < 1.29 is 9.53 Å². The second-order valence-electron chi connectivity index (χ2n) is 7.84. The Kier molecular flexibility index (Phi) is 5.60. The fraction of sp³-hybridized carbons (Fsp3) is 0.944. The van der Waals surface area contributed by atoms with E-state index in [2.05, 4.69) is 16.8 Å². The predicted molar refractivity (Wildman–Crippen MR) is 91.1 cm³/mol. The van der Waals surface area contributed by atoms with E-state index in [1.807, 2.05) is 0 Å². The number of rotatable bonds is 4. The molecule has 23 heavy (non-hydrogen) atoms. The van der Waals surface area contributed by atoms with Gasteiger partial charge in [-0.2, -0.15) is 0 Å². The van der Waals surface area contributed by atoms with Crippen LogP contribution in [0.25, 0.3) is 0 Å². The van der Waals surface area contributed by atoms with Crippen molar-refractivity contribution >= 4 is 5.91 Å². The van der Waals surface area contributed by atoms with Gasteiger partial charge in [-0.15, -0.1) is 0 Å². The Labute approximate surface area is 140 Å². The molecular formula is C18H33N3O2. The normalized spacial score (nSPS) is 31.6. The van der Waals surface area contributed by atoms with E-state index in [-0.39, 0.29) is 17.4 Å². The van der Waals surface area contributed by atoms with Crippen molar-refractivity contribution in [3.63, 3.8) is 0 Å². The molecule has 1 saturated carbocycles. The van der Waals surface area contributed by atoms with E-state index < -0.39 is 0 Å². The predicted octanol–water partition coefficient (Wildman–Crippen LogP) is 1.46. The molecule has 2 N–H and O–H groups in total. The van der Waals surface area contributed by atoms with Crippen molar-refractivity contribution in [2.24, 2.45) is 17.1 Å². The van der Waals surface area contributed by atoms with Crippen LogP contribution in [0.1, 0.15) is 44.9 Å². The molecule has 0 aromatic heterocycles. The summed E-state index contributed by atoms with van der Waals surface area (Å²) in [6.07, 6.45) is 7.74. The monoisotopic (exact) mass is 323 g/mol. The summed E-state index contributed by atoms with van der Waals surface area (Å²) in [5.41, 5.74) is 5.69. The largest absolute Gasteiger partial charge is 0.381 e. The van der Waals surface area contributed by atoms with Gasteiger partial charge in [0.15, 0.2) is 0 Å². The summed E-state index contributed by atoms with van der Waals surface area (Å²) in [5, 5.41) is 0. The van der Waals surface area contributed by atoms with Gasteiger partial charge in [0, 0.05) is 38.8 Å². The van der Waals surface area contributed by atoms with E-state index in [1.165, 1.54) is 12.8 Å². The maximum Gasteiger partial charge on any atom is 0.225 e. The molecule has 3 aliphatic rings. The van der Waals surface area contributed by atoms with Crippen LogP contribution in [0.15, 0.2) is 0 Å². The minimum atomic E-state index is -0.334. The quantitative estimate of drug-likeness (QED) is 0.851. The van der Waals surface area contributed by atoms with Crippen molar-refractivity contribution in [1.82, 2.24) is 9.80 Å². The van der Waals surface area contributed by atoms with Gasteiger partial charge in [-0.1, -0.05) is 19.3 Å². The molecule has 2 saturated heterocycles. The van der Waals surface area contributed by atoms with Crippen LogP contribution in [-0.2, 0) is 9.53 Å². The first kappa shape index (κ1) is 17.2. The Morgan fingerprint density at radius 1 is 1.13 bits per heavy atom. The van der Waals surface area contributed by atoms with Crippen LogP contribution in [0.3, 0.4) is 0 Å². The number of carbonyl (C=O) groups excluding carboxylic acids is 1. The first-order valence-electron chi connectivity index (χ1n) is 9.44. The number of primary amides is 1. The Balaban J connectivity index is 1.87. The van der Waals surface area contributed by atoms with Crippen molar-refractivity contribution in [2.75, 3.05) is 46.4 Å². The third-order valence-corrected chi connectivity index (χ3v) is 6.38. The molecule has 0 bridgehead atoms. The highest BCUT2D eigenvalue weighted by Crippen LogP contribution is 2.45. The zero-order valence-electron chi connectivity index (χ0n) is 14.6. The number of amides is 1. The first-order chi connectivity index (χ1) is 11.1. The molecule has 2 heterocycles. The van der Waals surface area contributed by atoms with Crippen LogP contribution >= 0.6 is 0 Å². The van der Waals surface area contributed by atoms with E-state index in [9.17, 15) is 4.79 Å². The van der Waals surface area contributed by atoms with Crippen molar-refractivity contribution in [1.29, 1.82) is 0 Å². The summed E-state index contributed by atoms with van der Waals surface area (Å²) >= 11 is 0. The minimum absolute atomic E-state index is 0.0632. The van der Waals surface area contributed by atoms with E-state index in [1.54, 1.807) is 0 Å². The lowest BCUT2D eigenvalue weighted by Crippen LogP contribution is -2.62. The van der Waals surface area contributed by atoms with Gasteiger partial charge in [0.2, 0.25) is 5.91 Å². The van der Waals surface area contributed by atoms with E-state index in [4.69, 9.17) is 10.5 Å². The van der Waals surface area contributed by atoms with Crippen molar-refractivity contribution in [2.45, 2.75) is 51.0 Å². The summed E-state index contributed by atoms with van der Waals surface area (Å²) < 4.78 is 5.80. The van der Waals surface area contributed by atoms with E-state index in [0.717, 1.165) is 71.5 Å². The molecule has 1 aliphatic carbocycles. The summed E-state index contributed by atoms with van der Waals surface area (Å²) in [4.78, 5) is 17.6. The zero-order chi connectivity index (χ0) is 16.3. The maximum absolute atomic E-state index is 12.6. The van der Waals surface area contributed by atoms with Gasteiger partial charge in [0.1, 0.15) is 0 Å². The number of carbonyl (C=O) groups is 1. The maximum atomic E-state index is 12.6. The topological polar surface area (TPSA) is 58.8 Å². The molecule has 2 atom stereocenters. The molecule has 5 nitrogen and oxygen atoms in total. The Hall–Kier alpha value is -0.650. The fourth-order valence-electron chi connectivity index (χ4n) is 5.08. The third kappa shape index (κ3) is 3.57. The number of nitrogens with two attached hydrogens (primary N) is 1. The number of likely N-dealkylation sites (N-methyl/N-ethyl adjacent to an activating group) is 1. The highest BCUT2D eigenvalue weighted by atomic mass is 16.5. The Morgan fingerprint density at radius 2 is 1.83 bits per heavy atom. The summed E-state index contributed by atoms with van der Waals surface area (Å²) in [6.45, 7) is 5.93. The average molecular weight is 323 g/mol. The van der Waals surface area contributed by atoms with Crippen LogP contribution < -0.4 is 5.73 Å². The molecule has 2 aliphatic heterocycles. The summed E-state index contributed by atoms with van der Waals surface area (Å²) in [5.74, 6) is 0.393. The molecule has 3 rings (SSSR count). The second-order valence-corrected chi connectivity index (χ2v) is 7.84. The van der Waals surface area contributed by atoms with Gasteiger partial charge in [-0.3, -0.25) is 9.69 Å². The second kappa shape index (κ2) is 7.49. The number of hydrogen-bond acceptors (Lipinski definition) is 4. The Bertz CT molecular complexity index is 395. The third-order valence-electron chi connectivity index (χ3n) is 6.38. The van der Waals surface area contributed by atoms with Crippen LogP contribution in [0.5, 0.6) is 0 Å². The lowest BCUT2D eigenvalue weighted by atomic mass is 9.63. The van der Waals surface area contributed by atoms with Gasteiger partial charge in [0.25, 0.3) is 0 Å². The molecule has 0 radical (unpaired) electrons. The Morgan fingerprint density at radius 3 is 2.39 bits per heavy atom. The summed E-state index contributed by atoms with van der Waals surface area (Å²) in [7, 11) is 2.18. The van der Waals surface area contributed by atoms with E-state index >= 15 is 0 Å². The highest BCUT2D eigenvalue weighted by molar-refractivity contribution is 5.82. The van der Waals surface area contributed by atoms with Gasteiger partial charge >= 0.3 is 0 Å². The lowest BCUT2D eigenvalue weighted by Gasteiger charge is -2.52.